The zero-order valence-corrected chi connectivity index (χ0v) is 16.0. The first kappa shape index (κ1) is 18.3. The molecule has 26 heavy (non-hydrogen) atoms. The van der Waals surface area contributed by atoms with Crippen molar-refractivity contribution in [3.63, 3.8) is 0 Å². The van der Waals surface area contributed by atoms with Crippen LogP contribution in [0, 0.1) is 13.8 Å². The van der Waals surface area contributed by atoms with Crippen molar-refractivity contribution in [3.05, 3.63) is 46.9 Å². The summed E-state index contributed by atoms with van der Waals surface area (Å²) in [5.41, 5.74) is 3.91. The van der Waals surface area contributed by atoms with E-state index in [1.807, 2.05) is 11.8 Å². The first-order valence-corrected chi connectivity index (χ1v) is 9.17. The fourth-order valence-electron chi connectivity index (χ4n) is 3.24. The summed E-state index contributed by atoms with van der Waals surface area (Å²) in [5.74, 6) is 1.24. The van der Waals surface area contributed by atoms with Gasteiger partial charge in [0.05, 0.1) is 0 Å². The summed E-state index contributed by atoms with van der Waals surface area (Å²) in [5, 5.41) is 3.41. The van der Waals surface area contributed by atoms with Crippen molar-refractivity contribution in [3.8, 4) is 0 Å². The van der Waals surface area contributed by atoms with Gasteiger partial charge in [0.2, 0.25) is 0 Å². The third-order valence-corrected chi connectivity index (χ3v) is 4.84. The second-order valence-corrected chi connectivity index (χ2v) is 6.87. The number of carbonyl (C=O) groups is 1. The number of nitrogens with one attached hydrogen (secondary N) is 1. The van der Waals surface area contributed by atoms with Gasteiger partial charge in [-0.05, 0) is 38.4 Å². The zero-order chi connectivity index (χ0) is 18.7. The van der Waals surface area contributed by atoms with Gasteiger partial charge in [-0.25, -0.2) is 9.97 Å². The summed E-state index contributed by atoms with van der Waals surface area (Å²) in [7, 11) is 2.08. The van der Waals surface area contributed by atoms with E-state index in [-0.39, 0.29) is 5.91 Å². The molecule has 6 heteroatoms. The minimum Gasteiger partial charge on any atom is -0.340 e. The van der Waals surface area contributed by atoms with Gasteiger partial charge >= 0.3 is 0 Å². The lowest BCUT2D eigenvalue weighted by Gasteiger charge is -2.32. The van der Waals surface area contributed by atoms with Gasteiger partial charge < -0.3 is 15.1 Å². The number of aromatic nitrogens is 2. The SMILES string of the molecule is CCc1cccc(C)c1Nc1cc(C(=O)N2CCN(C)CC2)nc(C)n1. The fraction of sp³-hybridized carbons (Fsp3) is 0.450. The van der Waals surface area contributed by atoms with E-state index in [1.165, 1.54) is 5.56 Å². The Bertz CT molecular complexity index is 797. The van der Waals surface area contributed by atoms with Gasteiger partial charge in [-0.2, -0.15) is 0 Å². The van der Waals surface area contributed by atoms with E-state index < -0.39 is 0 Å². The van der Waals surface area contributed by atoms with Crippen LogP contribution in [-0.2, 0) is 6.42 Å². The lowest BCUT2D eigenvalue weighted by atomic mass is 10.1. The minimum absolute atomic E-state index is 0.0212. The Morgan fingerprint density at radius 1 is 1.15 bits per heavy atom. The number of para-hydroxylation sites is 1. The average Bonchev–Trinajstić information content (AvgIpc) is 2.63. The zero-order valence-electron chi connectivity index (χ0n) is 16.0. The molecule has 1 aromatic carbocycles. The van der Waals surface area contributed by atoms with Crippen molar-refractivity contribution < 1.29 is 4.79 Å². The fourth-order valence-corrected chi connectivity index (χ4v) is 3.24. The third kappa shape index (κ3) is 4.02. The van der Waals surface area contributed by atoms with Crippen molar-refractivity contribution in [2.45, 2.75) is 27.2 Å². The molecule has 1 N–H and O–H groups in total. The molecule has 0 aliphatic carbocycles. The van der Waals surface area contributed by atoms with E-state index in [4.69, 9.17) is 0 Å². The number of hydrogen-bond acceptors (Lipinski definition) is 5. The molecule has 0 bridgehead atoms. The van der Waals surface area contributed by atoms with Gasteiger partial charge in [-0.15, -0.1) is 0 Å². The molecule has 1 amide bonds. The van der Waals surface area contributed by atoms with Gasteiger partial charge in [0, 0.05) is 37.9 Å². The Morgan fingerprint density at radius 3 is 2.58 bits per heavy atom. The molecule has 2 aromatic rings. The van der Waals surface area contributed by atoms with Gasteiger partial charge in [0.15, 0.2) is 0 Å². The van der Waals surface area contributed by atoms with Crippen LogP contribution in [0.2, 0.25) is 0 Å². The molecule has 0 atom stereocenters. The van der Waals surface area contributed by atoms with E-state index in [0.29, 0.717) is 17.3 Å². The second kappa shape index (κ2) is 7.83. The first-order chi connectivity index (χ1) is 12.5. The monoisotopic (exact) mass is 353 g/mol. The van der Waals surface area contributed by atoms with E-state index in [9.17, 15) is 4.79 Å². The molecule has 1 saturated heterocycles. The van der Waals surface area contributed by atoms with Gasteiger partial charge in [0.25, 0.3) is 5.91 Å². The smallest absolute Gasteiger partial charge is 0.272 e. The lowest BCUT2D eigenvalue weighted by Crippen LogP contribution is -2.47. The van der Waals surface area contributed by atoms with Crippen molar-refractivity contribution >= 4 is 17.4 Å². The number of anilines is 2. The van der Waals surface area contributed by atoms with Crippen LogP contribution >= 0.6 is 0 Å². The summed E-state index contributed by atoms with van der Waals surface area (Å²) in [6, 6.07) is 8.01. The van der Waals surface area contributed by atoms with Crippen LogP contribution in [0.4, 0.5) is 11.5 Å². The highest BCUT2D eigenvalue weighted by molar-refractivity contribution is 5.93. The summed E-state index contributed by atoms with van der Waals surface area (Å²) in [6.45, 7) is 9.29. The van der Waals surface area contributed by atoms with Crippen molar-refractivity contribution in [1.82, 2.24) is 19.8 Å². The van der Waals surface area contributed by atoms with E-state index in [1.54, 1.807) is 6.07 Å². The van der Waals surface area contributed by atoms with Crippen LogP contribution in [0.3, 0.4) is 0 Å². The highest BCUT2D eigenvalue weighted by Gasteiger charge is 2.22. The van der Waals surface area contributed by atoms with Crippen LogP contribution in [0.25, 0.3) is 0 Å². The molecule has 138 valence electrons. The molecule has 1 aromatic heterocycles. The lowest BCUT2D eigenvalue weighted by molar-refractivity contribution is 0.0658. The number of piperazine rings is 1. The van der Waals surface area contributed by atoms with Crippen LogP contribution < -0.4 is 5.32 Å². The molecule has 0 spiro atoms. The van der Waals surface area contributed by atoms with Crippen molar-refractivity contribution in [1.29, 1.82) is 0 Å². The quantitative estimate of drug-likeness (QED) is 0.916. The molecule has 2 heterocycles. The molecule has 1 aliphatic rings. The Morgan fingerprint density at radius 2 is 1.88 bits per heavy atom. The molecule has 1 aliphatic heterocycles. The Hall–Kier alpha value is -2.47. The standard InChI is InChI=1S/C20H27N5O/c1-5-16-8-6-7-14(2)19(16)23-18-13-17(21-15(3)22-18)20(26)25-11-9-24(4)10-12-25/h6-8,13H,5,9-12H2,1-4H3,(H,21,22,23). The van der Waals surface area contributed by atoms with E-state index in [2.05, 4.69) is 59.3 Å². The second-order valence-electron chi connectivity index (χ2n) is 6.87. The number of hydrogen-bond donors (Lipinski definition) is 1. The third-order valence-electron chi connectivity index (χ3n) is 4.84. The summed E-state index contributed by atoms with van der Waals surface area (Å²) in [6.07, 6.45) is 0.932. The number of amides is 1. The Labute approximate surface area is 155 Å². The molecule has 1 fully saturated rings. The predicted octanol–water partition coefficient (Wildman–Crippen LogP) is 2.79. The Kier molecular flexibility index (Phi) is 5.52. The maximum atomic E-state index is 12.8. The topological polar surface area (TPSA) is 61.4 Å². The van der Waals surface area contributed by atoms with Gasteiger partial charge in [-0.1, -0.05) is 25.1 Å². The van der Waals surface area contributed by atoms with Crippen LogP contribution in [0.15, 0.2) is 24.3 Å². The number of carbonyl (C=O) groups excluding carboxylic acids is 1. The highest BCUT2D eigenvalue weighted by Crippen LogP contribution is 2.25. The maximum Gasteiger partial charge on any atom is 0.272 e. The predicted molar refractivity (Wildman–Crippen MR) is 104 cm³/mol. The molecular weight excluding hydrogens is 326 g/mol. The highest BCUT2D eigenvalue weighted by atomic mass is 16.2. The van der Waals surface area contributed by atoms with Crippen LogP contribution in [0.5, 0.6) is 0 Å². The molecule has 0 saturated carbocycles. The molecule has 0 radical (unpaired) electrons. The van der Waals surface area contributed by atoms with Crippen molar-refractivity contribution in [2.24, 2.45) is 0 Å². The van der Waals surface area contributed by atoms with Crippen molar-refractivity contribution in [2.75, 3.05) is 38.5 Å². The van der Waals surface area contributed by atoms with Gasteiger partial charge in [0.1, 0.15) is 17.3 Å². The molecular formula is C20H27N5O. The first-order valence-electron chi connectivity index (χ1n) is 9.17. The number of benzene rings is 1. The molecule has 6 nitrogen and oxygen atoms in total. The summed E-state index contributed by atoms with van der Waals surface area (Å²) < 4.78 is 0. The Balaban J connectivity index is 1.85. The summed E-state index contributed by atoms with van der Waals surface area (Å²) in [4.78, 5) is 25.8. The number of aryl methyl sites for hydroxylation is 3. The van der Waals surface area contributed by atoms with Crippen LogP contribution in [-0.4, -0.2) is 58.9 Å². The number of nitrogens with zero attached hydrogens (tertiary/aromatic N) is 4. The van der Waals surface area contributed by atoms with Gasteiger partial charge in [-0.3, -0.25) is 4.79 Å². The summed E-state index contributed by atoms with van der Waals surface area (Å²) >= 11 is 0. The average molecular weight is 353 g/mol. The largest absolute Gasteiger partial charge is 0.340 e. The molecule has 0 unspecified atom stereocenters. The van der Waals surface area contributed by atoms with E-state index >= 15 is 0 Å². The normalized spacial score (nSPS) is 15.2. The van der Waals surface area contributed by atoms with E-state index in [0.717, 1.165) is 43.9 Å². The maximum absolute atomic E-state index is 12.8. The molecule has 3 rings (SSSR count). The number of rotatable bonds is 4. The number of likely N-dealkylation sites (N-methyl/N-ethyl adjacent to an activating group) is 1. The minimum atomic E-state index is -0.0212. The van der Waals surface area contributed by atoms with Crippen LogP contribution in [0.1, 0.15) is 34.4 Å².